The van der Waals surface area contributed by atoms with E-state index in [9.17, 15) is 9.90 Å². The summed E-state index contributed by atoms with van der Waals surface area (Å²) in [5.74, 6) is 0.196. The number of carbonyl (C=O) groups excluding carboxylic acids is 1. The predicted molar refractivity (Wildman–Crippen MR) is 99.4 cm³/mol. The molecular weight excluding hydrogens is 318 g/mol. The van der Waals surface area contributed by atoms with Crippen molar-refractivity contribution in [2.45, 2.75) is 20.8 Å². The van der Waals surface area contributed by atoms with Crippen LogP contribution in [0.1, 0.15) is 23.6 Å². The second-order valence-electron chi connectivity index (χ2n) is 5.63. The third-order valence-electron chi connectivity index (χ3n) is 3.51. The molecule has 0 fully saturated rings. The van der Waals surface area contributed by atoms with E-state index >= 15 is 0 Å². The molecule has 2 aromatic rings. The summed E-state index contributed by atoms with van der Waals surface area (Å²) >= 11 is 0. The Kier molecular flexibility index (Phi) is 6.39. The van der Waals surface area contributed by atoms with E-state index in [-0.39, 0.29) is 18.2 Å². The summed E-state index contributed by atoms with van der Waals surface area (Å²) in [6.45, 7) is 6.46. The molecule has 6 heteroatoms. The number of hydrazone groups is 1. The van der Waals surface area contributed by atoms with E-state index in [0.717, 1.165) is 11.3 Å². The van der Waals surface area contributed by atoms with E-state index in [1.54, 1.807) is 12.1 Å². The summed E-state index contributed by atoms with van der Waals surface area (Å²) < 4.78 is 5.25. The lowest BCUT2D eigenvalue weighted by Gasteiger charge is -2.09. The van der Waals surface area contributed by atoms with Crippen molar-refractivity contribution < 1.29 is 14.6 Å². The smallest absolute Gasteiger partial charge is 0.259 e. The van der Waals surface area contributed by atoms with Crippen LogP contribution in [0, 0.1) is 13.8 Å². The van der Waals surface area contributed by atoms with Crippen molar-refractivity contribution in [2.24, 2.45) is 5.10 Å². The first-order chi connectivity index (χ1) is 12.0. The van der Waals surface area contributed by atoms with Gasteiger partial charge in [0.25, 0.3) is 5.91 Å². The van der Waals surface area contributed by atoms with E-state index in [0.29, 0.717) is 17.9 Å². The number of rotatable bonds is 7. The first kappa shape index (κ1) is 18.3. The van der Waals surface area contributed by atoms with Crippen LogP contribution in [0.5, 0.6) is 11.5 Å². The monoisotopic (exact) mass is 341 g/mol. The summed E-state index contributed by atoms with van der Waals surface area (Å²) in [5.41, 5.74) is 6.28. The van der Waals surface area contributed by atoms with E-state index in [4.69, 9.17) is 4.74 Å². The average molecular weight is 341 g/mol. The minimum Gasteiger partial charge on any atom is -0.504 e. The highest BCUT2D eigenvalue weighted by atomic mass is 16.5. The van der Waals surface area contributed by atoms with Crippen LogP contribution in [0.3, 0.4) is 0 Å². The maximum atomic E-state index is 11.8. The lowest BCUT2D eigenvalue weighted by Crippen LogP contribution is -2.26. The Hall–Kier alpha value is -3.02. The Morgan fingerprint density at radius 1 is 1.24 bits per heavy atom. The molecule has 1 amide bonds. The van der Waals surface area contributed by atoms with Crippen molar-refractivity contribution in [2.75, 3.05) is 18.5 Å². The standard InChI is InChI=1S/C19H23N3O3/c1-4-25-18-8-6-15(10-17(18)23)11-21-22-19(24)12-20-16-7-5-13(2)9-14(16)3/h5-11,20,23H,4,12H2,1-3H3,(H,22,24)/b21-11-. The van der Waals surface area contributed by atoms with Gasteiger partial charge in [-0.25, -0.2) is 5.43 Å². The van der Waals surface area contributed by atoms with E-state index in [1.165, 1.54) is 17.8 Å². The van der Waals surface area contributed by atoms with Crippen molar-refractivity contribution in [3.05, 3.63) is 53.1 Å². The molecule has 0 unspecified atom stereocenters. The highest BCUT2D eigenvalue weighted by Gasteiger charge is 2.03. The zero-order valence-electron chi connectivity index (χ0n) is 14.7. The zero-order valence-corrected chi connectivity index (χ0v) is 14.7. The minimum absolute atomic E-state index is 0.0358. The molecule has 0 radical (unpaired) electrons. The van der Waals surface area contributed by atoms with Crippen molar-refractivity contribution in [1.82, 2.24) is 5.43 Å². The Bertz CT molecular complexity index is 773. The van der Waals surface area contributed by atoms with Crippen molar-refractivity contribution in [3.63, 3.8) is 0 Å². The maximum absolute atomic E-state index is 11.8. The van der Waals surface area contributed by atoms with Crippen LogP contribution in [0.4, 0.5) is 5.69 Å². The zero-order chi connectivity index (χ0) is 18.2. The number of aromatic hydroxyl groups is 1. The number of hydrogen-bond acceptors (Lipinski definition) is 5. The van der Waals surface area contributed by atoms with Crippen molar-refractivity contribution in [1.29, 1.82) is 0 Å². The Morgan fingerprint density at radius 2 is 2.04 bits per heavy atom. The summed E-state index contributed by atoms with van der Waals surface area (Å²) in [7, 11) is 0. The molecule has 0 aliphatic heterocycles. The van der Waals surface area contributed by atoms with E-state index < -0.39 is 0 Å². The number of nitrogens with one attached hydrogen (secondary N) is 2. The van der Waals surface area contributed by atoms with Gasteiger partial charge in [0.1, 0.15) is 0 Å². The summed E-state index contributed by atoms with van der Waals surface area (Å²) in [5, 5.41) is 16.8. The van der Waals surface area contributed by atoms with Crippen LogP contribution >= 0.6 is 0 Å². The van der Waals surface area contributed by atoms with E-state index in [1.807, 2.05) is 32.9 Å². The van der Waals surface area contributed by atoms with Gasteiger partial charge in [-0.05, 0) is 56.2 Å². The molecular formula is C19H23N3O3. The molecule has 6 nitrogen and oxygen atoms in total. The van der Waals surface area contributed by atoms with Crippen molar-refractivity contribution in [3.8, 4) is 11.5 Å². The quantitative estimate of drug-likeness (QED) is 0.534. The lowest BCUT2D eigenvalue weighted by molar-refractivity contribution is -0.119. The number of carbonyl (C=O) groups is 1. The largest absolute Gasteiger partial charge is 0.504 e. The normalized spacial score (nSPS) is 10.7. The first-order valence-electron chi connectivity index (χ1n) is 8.08. The van der Waals surface area contributed by atoms with Gasteiger partial charge in [0.05, 0.1) is 19.4 Å². The van der Waals surface area contributed by atoms with E-state index in [2.05, 4.69) is 21.9 Å². The number of benzene rings is 2. The maximum Gasteiger partial charge on any atom is 0.259 e. The number of nitrogens with zero attached hydrogens (tertiary/aromatic N) is 1. The van der Waals surface area contributed by atoms with Gasteiger partial charge in [0, 0.05) is 5.69 Å². The second-order valence-corrected chi connectivity index (χ2v) is 5.63. The molecule has 0 aromatic heterocycles. The topological polar surface area (TPSA) is 83.0 Å². The molecule has 0 atom stereocenters. The van der Waals surface area contributed by atoms with Crippen LogP contribution in [0.15, 0.2) is 41.5 Å². The number of anilines is 1. The fourth-order valence-corrected chi connectivity index (χ4v) is 2.30. The Morgan fingerprint density at radius 3 is 2.72 bits per heavy atom. The first-order valence-corrected chi connectivity index (χ1v) is 8.08. The molecule has 132 valence electrons. The van der Waals surface area contributed by atoms with Crippen LogP contribution in [-0.4, -0.2) is 30.4 Å². The second kappa shape index (κ2) is 8.73. The molecule has 0 aliphatic rings. The highest BCUT2D eigenvalue weighted by Crippen LogP contribution is 2.26. The SMILES string of the molecule is CCOc1ccc(/C=N\NC(=O)CNc2ccc(C)cc2C)cc1O. The number of hydrogen-bond donors (Lipinski definition) is 3. The Balaban J connectivity index is 1.85. The molecule has 0 heterocycles. The third-order valence-corrected chi connectivity index (χ3v) is 3.51. The molecule has 0 saturated carbocycles. The molecule has 0 bridgehead atoms. The average Bonchev–Trinajstić information content (AvgIpc) is 2.56. The van der Waals surface area contributed by atoms with Gasteiger partial charge >= 0.3 is 0 Å². The van der Waals surface area contributed by atoms with Crippen LogP contribution in [0.2, 0.25) is 0 Å². The van der Waals surface area contributed by atoms with Gasteiger partial charge in [-0.2, -0.15) is 5.10 Å². The highest BCUT2D eigenvalue weighted by molar-refractivity contribution is 5.85. The fraction of sp³-hybridized carbons (Fsp3) is 0.263. The number of ether oxygens (including phenoxy) is 1. The fourth-order valence-electron chi connectivity index (χ4n) is 2.30. The summed E-state index contributed by atoms with van der Waals surface area (Å²) in [6.07, 6.45) is 1.46. The van der Waals surface area contributed by atoms with Gasteiger partial charge in [-0.15, -0.1) is 0 Å². The predicted octanol–water partition coefficient (Wildman–Crippen LogP) is 2.97. The molecule has 0 saturated heterocycles. The van der Waals surface area contributed by atoms with Crippen LogP contribution < -0.4 is 15.5 Å². The third kappa shape index (κ3) is 5.53. The summed E-state index contributed by atoms with van der Waals surface area (Å²) in [4.78, 5) is 11.8. The van der Waals surface area contributed by atoms with Crippen LogP contribution in [-0.2, 0) is 4.79 Å². The van der Waals surface area contributed by atoms with Gasteiger partial charge in [0.2, 0.25) is 0 Å². The van der Waals surface area contributed by atoms with Crippen LogP contribution in [0.25, 0.3) is 0 Å². The lowest BCUT2D eigenvalue weighted by atomic mass is 10.1. The van der Waals surface area contributed by atoms with Crippen molar-refractivity contribution >= 4 is 17.8 Å². The number of amides is 1. The number of phenolic OH excluding ortho intramolecular Hbond substituents is 1. The molecule has 25 heavy (non-hydrogen) atoms. The molecule has 2 aromatic carbocycles. The number of phenols is 1. The van der Waals surface area contributed by atoms with Gasteiger partial charge in [-0.3, -0.25) is 4.79 Å². The minimum atomic E-state index is -0.258. The van der Waals surface area contributed by atoms with Gasteiger partial charge in [0.15, 0.2) is 11.5 Å². The molecule has 3 N–H and O–H groups in total. The molecule has 0 spiro atoms. The van der Waals surface area contributed by atoms with Gasteiger partial charge < -0.3 is 15.2 Å². The molecule has 2 rings (SSSR count). The Labute approximate surface area is 147 Å². The number of aryl methyl sites for hydroxylation is 2. The van der Waals surface area contributed by atoms with Gasteiger partial charge in [-0.1, -0.05) is 17.7 Å². The summed E-state index contributed by atoms with van der Waals surface area (Å²) in [6, 6.07) is 10.9. The molecule has 0 aliphatic carbocycles.